The first-order valence-electron chi connectivity index (χ1n) is 4.92. The van der Waals surface area contributed by atoms with Crippen LogP contribution in [-0.4, -0.2) is 23.6 Å². The number of hydrogen-bond acceptors (Lipinski definition) is 3. The van der Waals surface area contributed by atoms with Crippen LogP contribution in [0.1, 0.15) is 32.1 Å². The van der Waals surface area contributed by atoms with E-state index in [0.29, 0.717) is 11.3 Å². The van der Waals surface area contributed by atoms with E-state index in [1.165, 1.54) is 31.4 Å². The average molecular weight is 188 g/mol. The zero-order chi connectivity index (χ0) is 8.81. The van der Waals surface area contributed by atoms with Gasteiger partial charge in [0.1, 0.15) is 0 Å². The quantitative estimate of drug-likeness (QED) is 0.655. The van der Waals surface area contributed by atoms with Crippen LogP contribution in [0.15, 0.2) is 0 Å². The van der Waals surface area contributed by atoms with Crippen molar-refractivity contribution in [2.75, 3.05) is 12.3 Å². The first-order valence-corrected chi connectivity index (χ1v) is 5.96. The van der Waals surface area contributed by atoms with E-state index in [1.54, 1.807) is 0 Å². The van der Waals surface area contributed by atoms with Crippen molar-refractivity contribution in [1.29, 1.82) is 0 Å². The van der Waals surface area contributed by atoms with Crippen LogP contribution in [0.3, 0.4) is 0 Å². The molecule has 1 rings (SSSR count). The van der Waals surface area contributed by atoms with E-state index < -0.39 is 0 Å². The van der Waals surface area contributed by atoms with E-state index >= 15 is 0 Å². The van der Waals surface area contributed by atoms with Gasteiger partial charge in [0.25, 0.3) is 0 Å². The van der Waals surface area contributed by atoms with Gasteiger partial charge >= 0.3 is 0 Å². The smallest absolute Gasteiger partial charge is 0.0199 e. The average Bonchev–Trinajstić information content (AvgIpc) is 2.09. The second kappa shape index (κ2) is 5.84. The maximum atomic E-state index is 6.01. The molecule has 0 aromatic carbocycles. The molecule has 1 aliphatic carbocycles. The third-order valence-electron chi connectivity index (χ3n) is 2.43. The first kappa shape index (κ1) is 10.4. The predicted molar refractivity (Wildman–Crippen MR) is 56.4 cm³/mol. The SMILES string of the molecule is NCCCSC1CCCCC1N. The van der Waals surface area contributed by atoms with Gasteiger partial charge in [0, 0.05) is 11.3 Å². The highest BCUT2D eigenvalue weighted by Gasteiger charge is 2.21. The summed E-state index contributed by atoms with van der Waals surface area (Å²) in [7, 11) is 0. The van der Waals surface area contributed by atoms with E-state index in [1.807, 2.05) is 11.8 Å². The summed E-state index contributed by atoms with van der Waals surface area (Å²) in [6, 6.07) is 0.446. The fourth-order valence-corrected chi connectivity index (χ4v) is 3.00. The summed E-state index contributed by atoms with van der Waals surface area (Å²) in [4.78, 5) is 0. The second-order valence-corrected chi connectivity index (χ2v) is 4.85. The molecule has 0 aliphatic heterocycles. The van der Waals surface area contributed by atoms with Crippen molar-refractivity contribution in [3.05, 3.63) is 0 Å². The highest BCUT2D eigenvalue weighted by molar-refractivity contribution is 7.99. The number of rotatable bonds is 4. The van der Waals surface area contributed by atoms with Crippen LogP contribution >= 0.6 is 11.8 Å². The van der Waals surface area contributed by atoms with Gasteiger partial charge < -0.3 is 11.5 Å². The second-order valence-electron chi connectivity index (χ2n) is 3.50. The van der Waals surface area contributed by atoms with Crippen LogP contribution in [0.2, 0.25) is 0 Å². The Kier molecular flexibility index (Phi) is 5.04. The Labute approximate surface area is 79.5 Å². The van der Waals surface area contributed by atoms with Gasteiger partial charge in [-0.15, -0.1) is 0 Å². The van der Waals surface area contributed by atoms with Crippen molar-refractivity contribution >= 4 is 11.8 Å². The van der Waals surface area contributed by atoms with Crippen LogP contribution in [-0.2, 0) is 0 Å². The minimum atomic E-state index is 0.446. The number of thioether (sulfide) groups is 1. The Bertz CT molecular complexity index is 119. The molecule has 4 N–H and O–H groups in total. The molecule has 72 valence electrons. The Hall–Kier alpha value is 0.270. The minimum absolute atomic E-state index is 0.446. The molecule has 0 heterocycles. The summed E-state index contributed by atoms with van der Waals surface area (Å²) in [6.07, 6.45) is 6.37. The van der Waals surface area contributed by atoms with Gasteiger partial charge in [-0.05, 0) is 31.6 Å². The zero-order valence-corrected chi connectivity index (χ0v) is 8.48. The van der Waals surface area contributed by atoms with E-state index in [2.05, 4.69) is 0 Å². The largest absolute Gasteiger partial charge is 0.330 e. The van der Waals surface area contributed by atoms with E-state index in [-0.39, 0.29) is 0 Å². The van der Waals surface area contributed by atoms with Crippen LogP contribution < -0.4 is 11.5 Å². The molecule has 3 heteroatoms. The lowest BCUT2D eigenvalue weighted by Gasteiger charge is -2.27. The van der Waals surface area contributed by atoms with Gasteiger partial charge in [-0.2, -0.15) is 11.8 Å². The molecule has 0 amide bonds. The number of nitrogens with two attached hydrogens (primary N) is 2. The van der Waals surface area contributed by atoms with Crippen molar-refractivity contribution in [2.45, 2.75) is 43.4 Å². The molecular formula is C9H20N2S. The van der Waals surface area contributed by atoms with Gasteiger partial charge in [-0.3, -0.25) is 0 Å². The van der Waals surface area contributed by atoms with Crippen molar-refractivity contribution in [3.63, 3.8) is 0 Å². The lowest BCUT2D eigenvalue weighted by atomic mass is 9.96. The molecular weight excluding hydrogens is 168 g/mol. The van der Waals surface area contributed by atoms with Gasteiger partial charge in [-0.25, -0.2) is 0 Å². The molecule has 0 spiro atoms. The van der Waals surface area contributed by atoms with Crippen LogP contribution in [0.5, 0.6) is 0 Å². The maximum Gasteiger partial charge on any atom is 0.0199 e. The summed E-state index contributed by atoms with van der Waals surface area (Å²) in [6.45, 7) is 0.814. The van der Waals surface area contributed by atoms with Crippen molar-refractivity contribution in [2.24, 2.45) is 11.5 Å². The summed E-state index contributed by atoms with van der Waals surface area (Å²) < 4.78 is 0. The standard InChI is InChI=1S/C9H20N2S/c10-6-3-7-12-9-5-2-1-4-8(9)11/h8-9H,1-7,10-11H2. The molecule has 0 saturated heterocycles. The molecule has 2 atom stereocenters. The molecule has 0 radical (unpaired) electrons. The molecule has 1 aliphatic rings. The Morgan fingerprint density at radius 1 is 1.25 bits per heavy atom. The molecule has 0 bridgehead atoms. The Balaban J connectivity index is 2.11. The van der Waals surface area contributed by atoms with Crippen LogP contribution in [0.25, 0.3) is 0 Å². The third kappa shape index (κ3) is 3.33. The van der Waals surface area contributed by atoms with Gasteiger partial charge in [0.2, 0.25) is 0 Å². The van der Waals surface area contributed by atoms with Crippen LogP contribution in [0.4, 0.5) is 0 Å². The van der Waals surface area contributed by atoms with Gasteiger partial charge in [0.05, 0.1) is 0 Å². The highest BCUT2D eigenvalue weighted by atomic mass is 32.2. The summed E-state index contributed by atoms with van der Waals surface area (Å²) >= 11 is 2.03. The summed E-state index contributed by atoms with van der Waals surface area (Å²) in [5, 5.41) is 0.713. The zero-order valence-electron chi connectivity index (χ0n) is 7.67. The maximum absolute atomic E-state index is 6.01. The predicted octanol–water partition coefficient (Wildman–Crippen LogP) is 1.34. The normalized spacial score (nSPS) is 30.5. The topological polar surface area (TPSA) is 52.0 Å². The lowest BCUT2D eigenvalue weighted by Crippen LogP contribution is -2.35. The van der Waals surface area contributed by atoms with Gasteiger partial charge in [0.15, 0.2) is 0 Å². The summed E-state index contributed by atoms with van der Waals surface area (Å²) in [5.41, 5.74) is 11.4. The molecule has 0 aromatic heterocycles. The first-order chi connectivity index (χ1) is 5.84. The molecule has 2 unspecified atom stereocenters. The Morgan fingerprint density at radius 2 is 2.00 bits per heavy atom. The highest BCUT2D eigenvalue weighted by Crippen LogP contribution is 2.27. The van der Waals surface area contributed by atoms with Gasteiger partial charge in [-0.1, -0.05) is 12.8 Å². The minimum Gasteiger partial charge on any atom is -0.330 e. The third-order valence-corrected chi connectivity index (χ3v) is 3.97. The van der Waals surface area contributed by atoms with E-state index in [9.17, 15) is 0 Å². The van der Waals surface area contributed by atoms with Crippen LogP contribution in [0, 0.1) is 0 Å². The molecule has 1 fully saturated rings. The monoisotopic (exact) mass is 188 g/mol. The summed E-state index contributed by atoms with van der Waals surface area (Å²) in [5.74, 6) is 1.19. The van der Waals surface area contributed by atoms with Crippen molar-refractivity contribution in [1.82, 2.24) is 0 Å². The molecule has 0 aromatic rings. The van der Waals surface area contributed by atoms with Crippen molar-refractivity contribution < 1.29 is 0 Å². The lowest BCUT2D eigenvalue weighted by molar-refractivity contribution is 0.453. The fraction of sp³-hybridized carbons (Fsp3) is 1.00. The van der Waals surface area contributed by atoms with E-state index in [0.717, 1.165) is 13.0 Å². The molecule has 12 heavy (non-hydrogen) atoms. The van der Waals surface area contributed by atoms with Crippen molar-refractivity contribution in [3.8, 4) is 0 Å². The number of hydrogen-bond donors (Lipinski definition) is 2. The molecule has 2 nitrogen and oxygen atoms in total. The Morgan fingerprint density at radius 3 is 2.67 bits per heavy atom. The van der Waals surface area contributed by atoms with E-state index in [4.69, 9.17) is 11.5 Å². The molecule has 1 saturated carbocycles. The fourth-order valence-electron chi connectivity index (χ4n) is 1.65.